The number of esters is 1. The van der Waals surface area contributed by atoms with Gasteiger partial charge >= 0.3 is 5.97 Å². The minimum atomic E-state index is -0.338. The molecule has 0 heterocycles. The van der Waals surface area contributed by atoms with Gasteiger partial charge in [-0.25, -0.2) is 4.79 Å². The first-order chi connectivity index (χ1) is 5.81. The summed E-state index contributed by atoms with van der Waals surface area (Å²) in [6, 6.07) is 0. The van der Waals surface area contributed by atoms with Crippen LogP contribution in [0.5, 0.6) is 0 Å². The van der Waals surface area contributed by atoms with E-state index >= 15 is 0 Å². The van der Waals surface area contributed by atoms with Crippen LogP contribution in [0.2, 0.25) is 0 Å². The molecule has 0 amide bonds. The Morgan fingerprint density at radius 2 is 2.25 bits per heavy atom. The van der Waals surface area contributed by atoms with E-state index in [1.807, 2.05) is 0 Å². The summed E-state index contributed by atoms with van der Waals surface area (Å²) in [6.45, 7) is 5.88. The number of hydrogen-bond acceptors (Lipinski definition) is 2. The standard InChI is InChI=1S/C10H16O2/c1-3-5-6-7-8-9-12-10(11)4-2/h4-6H,2-3,7-9H2,1H3. The zero-order chi connectivity index (χ0) is 9.23. The number of unbranched alkanes of at least 4 members (excludes halogenated alkanes) is 1. The molecule has 0 aliphatic rings. The summed E-state index contributed by atoms with van der Waals surface area (Å²) in [6.07, 6.45) is 8.31. The van der Waals surface area contributed by atoms with E-state index in [-0.39, 0.29) is 5.97 Å². The van der Waals surface area contributed by atoms with Gasteiger partial charge in [-0.3, -0.25) is 0 Å². The molecule has 0 aromatic rings. The minimum Gasteiger partial charge on any atom is -0.463 e. The molecule has 0 atom stereocenters. The zero-order valence-corrected chi connectivity index (χ0v) is 7.58. The van der Waals surface area contributed by atoms with Crippen molar-refractivity contribution < 1.29 is 9.53 Å². The lowest BCUT2D eigenvalue weighted by atomic mass is 10.3. The molecule has 68 valence electrons. The molecule has 0 fully saturated rings. The third-order valence-corrected chi connectivity index (χ3v) is 1.33. The number of carbonyl (C=O) groups excluding carboxylic acids is 1. The number of allylic oxidation sites excluding steroid dienone is 2. The van der Waals surface area contributed by atoms with Gasteiger partial charge in [0.15, 0.2) is 0 Å². The molecular weight excluding hydrogens is 152 g/mol. The van der Waals surface area contributed by atoms with Crippen molar-refractivity contribution in [1.29, 1.82) is 0 Å². The Bertz CT molecular complexity index is 159. The quantitative estimate of drug-likeness (QED) is 0.263. The van der Waals surface area contributed by atoms with Crippen molar-refractivity contribution in [3.63, 3.8) is 0 Å². The fraction of sp³-hybridized carbons (Fsp3) is 0.500. The molecule has 0 aromatic carbocycles. The number of hydrogen-bond donors (Lipinski definition) is 0. The molecule has 0 rings (SSSR count). The molecule has 0 aromatic heterocycles. The van der Waals surface area contributed by atoms with Gasteiger partial charge in [-0.1, -0.05) is 25.7 Å². The van der Waals surface area contributed by atoms with Gasteiger partial charge in [-0.15, -0.1) is 0 Å². The molecular formula is C10H16O2. The van der Waals surface area contributed by atoms with Crippen LogP contribution in [0.15, 0.2) is 24.8 Å². The van der Waals surface area contributed by atoms with Crippen molar-refractivity contribution in [2.75, 3.05) is 6.61 Å². The number of ether oxygens (including phenoxy) is 1. The van der Waals surface area contributed by atoms with Crippen LogP contribution in [0, 0.1) is 0 Å². The Labute approximate surface area is 73.9 Å². The first-order valence-corrected chi connectivity index (χ1v) is 4.25. The summed E-state index contributed by atoms with van der Waals surface area (Å²) in [5, 5.41) is 0. The number of carbonyl (C=O) groups is 1. The van der Waals surface area contributed by atoms with Crippen molar-refractivity contribution >= 4 is 5.97 Å². The molecule has 12 heavy (non-hydrogen) atoms. The van der Waals surface area contributed by atoms with E-state index in [0.29, 0.717) is 6.61 Å². The lowest BCUT2D eigenvalue weighted by Crippen LogP contribution is -2.00. The van der Waals surface area contributed by atoms with Gasteiger partial charge in [0, 0.05) is 6.08 Å². The van der Waals surface area contributed by atoms with Crippen molar-refractivity contribution in [2.24, 2.45) is 0 Å². The Kier molecular flexibility index (Phi) is 7.35. The van der Waals surface area contributed by atoms with Crippen LogP contribution in [0.3, 0.4) is 0 Å². The highest BCUT2D eigenvalue weighted by Gasteiger charge is 1.92. The maximum atomic E-state index is 10.5. The van der Waals surface area contributed by atoms with Gasteiger partial charge in [-0.2, -0.15) is 0 Å². The van der Waals surface area contributed by atoms with Crippen LogP contribution in [-0.4, -0.2) is 12.6 Å². The van der Waals surface area contributed by atoms with Gasteiger partial charge in [0.1, 0.15) is 0 Å². The zero-order valence-electron chi connectivity index (χ0n) is 7.58. The summed E-state index contributed by atoms with van der Waals surface area (Å²) >= 11 is 0. The van der Waals surface area contributed by atoms with Crippen LogP contribution < -0.4 is 0 Å². The van der Waals surface area contributed by atoms with E-state index in [9.17, 15) is 4.79 Å². The van der Waals surface area contributed by atoms with Gasteiger partial charge in [0.25, 0.3) is 0 Å². The maximum Gasteiger partial charge on any atom is 0.330 e. The highest BCUT2D eigenvalue weighted by molar-refractivity contribution is 5.81. The van der Waals surface area contributed by atoms with E-state index in [0.717, 1.165) is 19.3 Å². The number of rotatable bonds is 6. The molecule has 2 nitrogen and oxygen atoms in total. The fourth-order valence-corrected chi connectivity index (χ4v) is 0.717. The second-order valence-corrected chi connectivity index (χ2v) is 2.39. The van der Waals surface area contributed by atoms with Gasteiger partial charge in [0.05, 0.1) is 6.61 Å². The summed E-state index contributed by atoms with van der Waals surface area (Å²) < 4.78 is 4.78. The first kappa shape index (κ1) is 11.0. The molecule has 0 spiro atoms. The van der Waals surface area contributed by atoms with Crippen molar-refractivity contribution in [2.45, 2.75) is 26.2 Å². The molecule has 2 heteroatoms. The van der Waals surface area contributed by atoms with Crippen LogP contribution in [0.4, 0.5) is 0 Å². The predicted octanol–water partition coefficient (Wildman–Crippen LogP) is 2.46. The van der Waals surface area contributed by atoms with Gasteiger partial charge < -0.3 is 4.74 Å². The molecule has 0 saturated heterocycles. The molecule has 0 radical (unpaired) electrons. The van der Waals surface area contributed by atoms with Crippen LogP contribution >= 0.6 is 0 Å². The Morgan fingerprint density at radius 1 is 1.50 bits per heavy atom. The van der Waals surface area contributed by atoms with Crippen molar-refractivity contribution in [3.8, 4) is 0 Å². The highest BCUT2D eigenvalue weighted by atomic mass is 16.5. The van der Waals surface area contributed by atoms with E-state index in [1.165, 1.54) is 6.08 Å². The summed E-state index contributed by atoms with van der Waals surface area (Å²) in [4.78, 5) is 10.5. The first-order valence-electron chi connectivity index (χ1n) is 4.25. The fourth-order valence-electron chi connectivity index (χ4n) is 0.717. The molecule has 0 aliphatic heterocycles. The summed E-state index contributed by atoms with van der Waals surface area (Å²) in [7, 11) is 0. The SMILES string of the molecule is C=CC(=O)OCCCC=CCC. The Balaban J connectivity index is 3.16. The minimum absolute atomic E-state index is 0.338. The van der Waals surface area contributed by atoms with E-state index < -0.39 is 0 Å². The topological polar surface area (TPSA) is 26.3 Å². The van der Waals surface area contributed by atoms with E-state index in [2.05, 4.69) is 25.7 Å². The summed E-state index contributed by atoms with van der Waals surface area (Å²) in [5.74, 6) is -0.338. The third-order valence-electron chi connectivity index (χ3n) is 1.33. The average Bonchev–Trinajstić information content (AvgIpc) is 2.10. The highest BCUT2D eigenvalue weighted by Crippen LogP contribution is 1.93. The van der Waals surface area contributed by atoms with E-state index in [4.69, 9.17) is 4.74 Å². The van der Waals surface area contributed by atoms with Crippen molar-refractivity contribution in [3.05, 3.63) is 24.8 Å². The Hall–Kier alpha value is -1.05. The van der Waals surface area contributed by atoms with Gasteiger partial charge in [0.2, 0.25) is 0 Å². The second-order valence-electron chi connectivity index (χ2n) is 2.39. The van der Waals surface area contributed by atoms with E-state index in [1.54, 1.807) is 0 Å². The second kappa shape index (κ2) is 8.05. The smallest absolute Gasteiger partial charge is 0.330 e. The predicted molar refractivity (Wildman–Crippen MR) is 49.8 cm³/mol. The van der Waals surface area contributed by atoms with Crippen LogP contribution in [0.1, 0.15) is 26.2 Å². The Morgan fingerprint density at radius 3 is 2.83 bits per heavy atom. The average molecular weight is 168 g/mol. The molecule has 0 unspecified atom stereocenters. The van der Waals surface area contributed by atoms with Gasteiger partial charge in [-0.05, 0) is 19.3 Å². The molecule has 0 aliphatic carbocycles. The lowest BCUT2D eigenvalue weighted by Gasteiger charge is -1.98. The maximum absolute atomic E-state index is 10.5. The molecule has 0 N–H and O–H groups in total. The summed E-state index contributed by atoms with van der Waals surface area (Å²) in [5.41, 5.74) is 0. The monoisotopic (exact) mass is 168 g/mol. The van der Waals surface area contributed by atoms with Crippen LogP contribution in [-0.2, 0) is 9.53 Å². The molecule has 0 saturated carbocycles. The lowest BCUT2D eigenvalue weighted by molar-refractivity contribution is -0.137. The van der Waals surface area contributed by atoms with Crippen molar-refractivity contribution in [1.82, 2.24) is 0 Å². The largest absolute Gasteiger partial charge is 0.463 e. The van der Waals surface area contributed by atoms with Crippen LogP contribution in [0.25, 0.3) is 0 Å². The molecule has 0 bridgehead atoms. The third kappa shape index (κ3) is 7.06. The normalized spacial score (nSPS) is 10.1.